The molecule has 2 heterocycles. The zero-order valence-corrected chi connectivity index (χ0v) is 14.4. The fraction of sp³-hybridized carbons (Fsp3) is 0.0500. The highest BCUT2D eigenvalue weighted by Gasteiger charge is 2.15. The molecule has 6 nitrogen and oxygen atoms in total. The molecule has 140 valence electrons. The van der Waals surface area contributed by atoms with E-state index in [0.717, 1.165) is 11.3 Å². The van der Waals surface area contributed by atoms with Gasteiger partial charge >= 0.3 is 6.61 Å². The Labute approximate surface area is 158 Å². The highest BCUT2D eigenvalue weighted by atomic mass is 19.3. The van der Waals surface area contributed by atoms with Crippen LogP contribution in [0, 0.1) is 0 Å². The second-order valence-electron chi connectivity index (χ2n) is 5.86. The van der Waals surface area contributed by atoms with Gasteiger partial charge in [-0.3, -0.25) is 9.20 Å². The van der Waals surface area contributed by atoms with Gasteiger partial charge in [-0.2, -0.15) is 8.78 Å². The first-order chi connectivity index (χ1) is 13.6. The van der Waals surface area contributed by atoms with Crippen LogP contribution in [-0.2, 0) is 0 Å². The summed E-state index contributed by atoms with van der Waals surface area (Å²) in [5.74, 6) is -0.129. The molecule has 0 fully saturated rings. The molecule has 0 unspecified atom stereocenters. The third kappa shape index (κ3) is 3.66. The Morgan fingerprint density at radius 3 is 2.61 bits per heavy atom. The summed E-state index contributed by atoms with van der Waals surface area (Å²) in [5.41, 5.74) is 2.14. The first-order valence-electron chi connectivity index (χ1n) is 8.35. The van der Waals surface area contributed by atoms with Gasteiger partial charge < -0.3 is 10.1 Å². The number of nitrogens with one attached hydrogen (secondary N) is 1. The molecular formula is C20H14F2N4O2. The standard InChI is InChI=1S/C20H14F2N4O2/c21-19(22)28-17-5-2-1-4-15(17)18(27)24-14-8-6-13(7-9-14)16-12-26-11-3-10-23-20(26)25-16/h1-12,19H,(H,24,27). The zero-order chi connectivity index (χ0) is 19.5. The Morgan fingerprint density at radius 2 is 1.86 bits per heavy atom. The summed E-state index contributed by atoms with van der Waals surface area (Å²) in [6, 6.07) is 14.7. The van der Waals surface area contributed by atoms with Crippen molar-refractivity contribution in [3.63, 3.8) is 0 Å². The van der Waals surface area contributed by atoms with Crippen molar-refractivity contribution in [1.82, 2.24) is 14.4 Å². The monoisotopic (exact) mass is 380 g/mol. The van der Waals surface area contributed by atoms with Crippen molar-refractivity contribution in [3.05, 3.63) is 78.8 Å². The lowest BCUT2D eigenvalue weighted by atomic mass is 10.1. The molecule has 4 rings (SSSR count). The van der Waals surface area contributed by atoms with Gasteiger partial charge in [-0.25, -0.2) is 9.97 Å². The maximum absolute atomic E-state index is 12.5. The number of rotatable bonds is 5. The van der Waals surface area contributed by atoms with Crippen molar-refractivity contribution in [2.75, 3.05) is 5.32 Å². The van der Waals surface area contributed by atoms with Crippen LogP contribution in [0.15, 0.2) is 73.2 Å². The van der Waals surface area contributed by atoms with Crippen LogP contribution >= 0.6 is 0 Å². The maximum Gasteiger partial charge on any atom is 0.387 e. The van der Waals surface area contributed by atoms with E-state index in [1.807, 2.05) is 22.9 Å². The second-order valence-corrected chi connectivity index (χ2v) is 5.86. The average molecular weight is 380 g/mol. The van der Waals surface area contributed by atoms with Crippen LogP contribution in [0.4, 0.5) is 14.5 Å². The number of amides is 1. The summed E-state index contributed by atoms with van der Waals surface area (Å²) in [6.07, 6.45) is 5.38. The van der Waals surface area contributed by atoms with Crippen LogP contribution in [-0.4, -0.2) is 26.9 Å². The van der Waals surface area contributed by atoms with E-state index in [4.69, 9.17) is 0 Å². The largest absolute Gasteiger partial charge is 0.434 e. The predicted octanol–water partition coefficient (Wildman–Crippen LogP) is 4.25. The summed E-state index contributed by atoms with van der Waals surface area (Å²) in [4.78, 5) is 21.0. The van der Waals surface area contributed by atoms with Gasteiger partial charge in [-0.1, -0.05) is 24.3 Å². The van der Waals surface area contributed by atoms with E-state index in [1.165, 1.54) is 18.2 Å². The van der Waals surface area contributed by atoms with Crippen LogP contribution in [0.2, 0.25) is 0 Å². The molecule has 4 aromatic rings. The van der Waals surface area contributed by atoms with Crippen LogP contribution in [0.25, 0.3) is 17.0 Å². The van der Waals surface area contributed by atoms with E-state index in [0.29, 0.717) is 11.5 Å². The van der Waals surface area contributed by atoms with Crippen LogP contribution < -0.4 is 10.1 Å². The Kier molecular flexibility index (Phi) is 4.67. The normalized spacial score (nSPS) is 11.0. The van der Waals surface area contributed by atoms with Crippen molar-refractivity contribution in [1.29, 1.82) is 0 Å². The number of carbonyl (C=O) groups excluding carboxylic acids is 1. The highest BCUT2D eigenvalue weighted by molar-refractivity contribution is 6.06. The van der Waals surface area contributed by atoms with Crippen molar-refractivity contribution >= 4 is 17.4 Å². The summed E-state index contributed by atoms with van der Waals surface area (Å²) < 4.78 is 31.2. The first kappa shape index (κ1) is 17.6. The van der Waals surface area contributed by atoms with Crippen LogP contribution in [0.3, 0.4) is 0 Å². The van der Waals surface area contributed by atoms with E-state index in [9.17, 15) is 13.6 Å². The molecule has 0 aliphatic carbocycles. The number of aromatic nitrogens is 3. The van der Waals surface area contributed by atoms with Gasteiger partial charge in [-0.15, -0.1) is 0 Å². The van der Waals surface area contributed by atoms with Crippen molar-refractivity contribution in [2.24, 2.45) is 0 Å². The van der Waals surface area contributed by atoms with Crippen LogP contribution in [0.5, 0.6) is 5.75 Å². The van der Waals surface area contributed by atoms with Crippen molar-refractivity contribution in [2.45, 2.75) is 6.61 Å². The Morgan fingerprint density at radius 1 is 1.07 bits per heavy atom. The number of nitrogens with zero attached hydrogens (tertiary/aromatic N) is 3. The second kappa shape index (κ2) is 7.43. The number of para-hydroxylation sites is 1. The quantitative estimate of drug-likeness (QED) is 0.562. The van der Waals surface area contributed by atoms with E-state index >= 15 is 0 Å². The number of hydrogen-bond acceptors (Lipinski definition) is 4. The van der Waals surface area contributed by atoms with E-state index in [-0.39, 0.29) is 11.3 Å². The molecule has 1 amide bonds. The predicted molar refractivity (Wildman–Crippen MR) is 99.5 cm³/mol. The van der Waals surface area contributed by atoms with Gasteiger partial charge in [0, 0.05) is 29.8 Å². The molecular weight excluding hydrogens is 366 g/mol. The number of fused-ring (bicyclic) bond motifs is 1. The van der Waals surface area contributed by atoms with Crippen molar-refractivity contribution in [3.8, 4) is 17.0 Å². The van der Waals surface area contributed by atoms with Gasteiger partial charge in [-0.05, 0) is 30.3 Å². The molecule has 0 aliphatic rings. The van der Waals surface area contributed by atoms with Gasteiger partial charge in [0.15, 0.2) is 0 Å². The lowest BCUT2D eigenvalue weighted by molar-refractivity contribution is -0.0501. The fourth-order valence-electron chi connectivity index (χ4n) is 2.74. The molecule has 0 saturated heterocycles. The van der Waals surface area contributed by atoms with Gasteiger partial charge in [0.25, 0.3) is 5.91 Å². The van der Waals surface area contributed by atoms with Crippen molar-refractivity contribution < 1.29 is 18.3 Å². The lowest BCUT2D eigenvalue weighted by Crippen LogP contribution is -2.14. The molecule has 8 heteroatoms. The zero-order valence-electron chi connectivity index (χ0n) is 14.4. The molecule has 2 aromatic heterocycles. The number of alkyl halides is 2. The van der Waals surface area contributed by atoms with E-state index in [2.05, 4.69) is 20.0 Å². The van der Waals surface area contributed by atoms with E-state index in [1.54, 1.807) is 36.5 Å². The summed E-state index contributed by atoms with van der Waals surface area (Å²) in [6.45, 7) is -3.01. The van der Waals surface area contributed by atoms with E-state index < -0.39 is 12.5 Å². The fourth-order valence-corrected chi connectivity index (χ4v) is 2.74. The molecule has 1 N–H and O–H groups in total. The molecule has 0 bridgehead atoms. The Hall–Kier alpha value is -3.81. The van der Waals surface area contributed by atoms with Gasteiger partial charge in [0.2, 0.25) is 5.78 Å². The lowest BCUT2D eigenvalue weighted by Gasteiger charge is -2.11. The molecule has 0 aliphatic heterocycles. The third-order valence-corrected chi connectivity index (χ3v) is 4.02. The molecule has 0 atom stereocenters. The first-order valence-corrected chi connectivity index (χ1v) is 8.35. The highest BCUT2D eigenvalue weighted by Crippen LogP contribution is 2.24. The average Bonchev–Trinajstić information content (AvgIpc) is 3.12. The SMILES string of the molecule is O=C(Nc1ccc(-c2cn3cccnc3n2)cc1)c1ccccc1OC(F)F. The number of anilines is 1. The Balaban J connectivity index is 1.53. The number of halogens is 2. The third-order valence-electron chi connectivity index (χ3n) is 4.02. The smallest absolute Gasteiger partial charge is 0.387 e. The number of benzene rings is 2. The Bertz CT molecular complexity index is 1090. The van der Waals surface area contributed by atoms with Crippen LogP contribution in [0.1, 0.15) is 10.4 Å². The number of carbonyl (C=O) groups is 1. The minimum Gasteiger partial charge on any atom is -0.434 e. The molecule has 0 spiro atoms. The number of imidazole rings is 1. The van der Waals surface area contributed by atoms with Gasteiger partial charge in [0.1, 0.15) is 5.75 Å². The van der Waals surface area contributed by atoms with Gasteiger partial charge in [0.05, 0.1) is 11.3 Å². The topological polar surface area (TPSA) is 68.5 Å². The summed E-state index contributed by atoms with van der Waals surface area (Å²) >= 11 is 0. The molecule has 0 radical (unpaired) electrons. The molecule has 2 aromatic carbocycles. The summed E-state index contributed by atoms with van der Waals surface area (Å²) in [7, 11) is 0. The molecule has 0 saturated carbocycles. The number of ether oxygens (including phenoxy) is 1. The minimum absolute atomic E-state index is 0.0262. The maximum atomic E-state index is 12.5. The molecule has 28 heavy (non-hydrogen) atoms. The summed E-state index contributed by atoms with van der Waals surface area (Å²) in [5, 5.41) is 2.68. The number of hydrogen-bond donors (Lipinski definition) is 1. The minimum atomic E-state index is -3.01.